The van der Waals surface area contributed by atoms with E-state index in [1.807, 2.05) is 6.92 Å². The van der Waals surface area contributed by atoms with E-state index in [0.29, 0.717) is 22.7 Å². The van der Waals surface area contributed by atoms with Crippen molar-refractivity contribution in [3.8, 4) is 0 Å². The van der Waals surface area contributed by atoms with E-state index in [9.17, 15) is 9.59 Å². The van der Waals surface area contributed by atoms with Crippen LogP contribution in [0.1, 0.15) is 41.7 Å². The van der Waals surface area contributed by atoms with Gasteiger partial charge in [-0.25, -0.2) is 9.59 Å². The fourth-order valence-corrected chi connectivity index (χ4v) is 2.84. The van der Waals surface area contributed by atoms with Crippen molar-refractivity contribution < 1.29 is 19.1 Å². The number of thiocarbonyl (C=S) groups is 1. The Balaban J connectivity index is 2.44. The Labute approximate surface area is 146 Å². The lowest BCUT2D eigenvalue weighted by Crippen LogP contribution is -2.45. The van der Waals surface area contributed by atoms with E-state index < -0.39 is 18.0 Å². The maximum atomic E-state index is 12.3. The zero-order valence-electron chi connectivity index (χ0n) is 13.8. The second kappa shape index (κ2) is 7.92. The van der Waals surface area contributed by atoms with Crippen LogP contribution in [0.25, 0.3) is 0 Å². The molecule has 0 bridgehead atoms. The topological polar surface area (TPSA) is 76.7 Å². The number of nitrogens with one attached hydrogen (secondary N) is 2. The average Bonchev–Trinajstić information content (AvgIpc) is 2.60. The molecule has 24 heavy (non-hydrogen) atoms. The molecule has 0 aromatic heterocycles. The summed E-state index contributed by atoms with van der Waals surface area (Å²) in [7, 11) is 2.68. The summed E-state index contributed by atoms with van der Waals surface area (Å²) in [4.78, 5) is 23.8. The van der Waals surface area contributed by atoms with E-state index in [1.54, 1.807) is 24.3 Å². The molecule has 0 spiro atoms. The smallest absolute Gasteiger partial charge is 0.337 e. The summed E-state index contributed by atoms with van der Waals surface area (Å²) < 4.78 is 9.63. The number of rotatable bonds is 5. The van der Waals surface area contributed by atoms with Gasteiger partial charge in [0.25, 0.3) is 0 Å². The SMILES string of the molecule is CCCC1=C(C(=O)OC)[C@@H](c2ccc(C(=O)OC)cc2)NC(=S)N1. The van der Waals surface area contributed by atoms with Crippen LogP contribution < -0.4 is 10.6 Å². The Bertz CT molecular complexity index is 682. The summed E-state index contributed by atoms with van der Waals surface area (Å²) in [6.45, 7) is 2.02. The Morgan fingerprint density at radius 3 is 2.29 bits per heavy atom. The van der Waals surface area contributed by atoms with Crippen LogP contribution in [0.2, 0.25) is 0 Å². The highest BCUT2D eigenvalue weighted by Crippen LogP contribution is 2.29. The lowest BCUT2D eigenvalue weighted by molar-refractivity contribution is -0.136. The molecule has 128 valence electrons. The van der Waals surface area contributed by atoms with Gasteiger partial charge in [0.05, 0.1) is 31.4 Å². The van der Waals surface area contributed by atoms with E-state index in [-0.39, 0.29) is 0 Å². The first-order valence-electron chi connectivity index (χ1n) is 7.59. The third-order valence-electron chi connectivity index (χ3n) is 3.72. The first-order valence-corrected chi connectivity index (χ1v) is 7.99. The summed E-state index contributed by atoms with van der Waals surface area (Å²) >= 11 is 5.25. The molecule has 1 atom stereocenters. The van der Waals surface area contributed by atoms with Crippen LogP contribution in [-0.2, 0) is 14.3 Å². The highest BCUT2D eigenvalue weighted by Gasteiger charge is 2.31. The van der Waals surface area contributed by atoms with Gasteiger partial charge < -0.3 is 20.1 Å². The Morgan fingerprint density at radius 1 is 1.12 bits per heavy atom. The maximum Gasteiger partial charge on any atom is 0.337 e. The molecule has 0 saturated carbocycles. The van der Waals surface area contributed by atoms with Crippen molar-refractivity contribution in [2.24, 2.45) is 0 Å². The Hall–Kier alpha value is -2.41. The molecule has 1 aliphatic rings. The number of methoxy groups -OCH3 is 2. The van der Waals surface area contributed by atoms with Gasteiger partial charge in [-0.3, -0.25) is 0 Å². The van der Waals surface area contributed by atoms with Gasteiger partial charge in [-0.15, -0.1) is 0 Å². The quantitative estimate of drug-likeness (QED) is 0.624. The Morgan fingerprint density at radius 2 is 1.75 bits per heavy atom. The van der Waals surface area contributed by atoms with E-state index in [2.05, 4.69) is 10.6 Å². The summed E-state index contributed by atoms with van der Waals surface area (Å²) in [6, 6.07) is 6.42. The molecule has 0 fully saturated rings. The first-order chi connectivity index (χ1) is 11.5. The van der Waals surface area contributed by atoms with E-state index in [0.717, 1.165) is 17.7 Å². The lowest BCUT2D eigenvalue weighted by Gasteiger charge is -2.31. The van der Waals surface area contributed by atoms with Crippen molar-refractivity contribution >= 4 is 29.3 Å². The lowest BCUT2D eigenvalue weighted by atomic mass is 9.93. The first kappa shape index (κ1) is 17.9. The van der Waals surface area contributed by atoms with E-state index in [4.69, 9.17) is 21.7 Å². The van der Waals surface area contributed by atoms with Crippen LogP contribution in [0.3, 0.4) is 0 Å². The van der Waals surface area contributed by atoms with Gasteiger partial charge in [0.1, 0.15) is 0 Å². The monoisotopic (exact) mass is 348 g/mol. The van der Waals surface area contributed by atoms with Crippen LogP contribution in [0.4, 0.5) is 0 Å². The predicted octanol–water partition coefficient (Wildman–Crippen LogP) is 2.22. The standard InChI is InChI=1S/C17H20N2O4S/c1-4-5-12-13(16(21)23-3)14(19-17(24)18-12)10-6-8-11(9-7-10)15(20)22-2/h6-9,14H,4-5H2,1-3H3,(H2,18,19,24)/t14-/m1/s1. The molecule has 7 heteroatoms. The van der Waals surface area contributed by atoms with E-state index in [1.165, 1.54) is 14.2 Å². The number of esters is 2. The molecular weight excluding hydrogens is 328 g/mol. The van der Waals surface area contributed by atoms with Crippen LogP contribution in [0.5, 0.6) is 0 Å². The number of benzene rings is 1. The van der Waals surface area contributed by atoms with E-state index >= 15 is 0 Å². The van der Waals surface area contributed by atoms with Crippen molar-refractivity contribution in [1.29, 1.82) is 0 Å². The minimum Gasteiger partial charge on any atom is -0.466 e. The molecule has 0 aliphatic carbocycles. The number of carbonyl (C=O) groups is 2. The molecule has 0 unspecified atom stereocenters. The minimum atomic E-state index is -0.431. The maximum absolute atomic E-state index is 12.3. The largest absolute Gasteiger partial charge is 0.466 e. The summed E-state index contributed by atoms with van der Waals surface area (Å²) in [6.07, 6.45) is 1.54. The van der Waals surface area contributed by atoms with Gasteiger partial charge >= 0.3 is 11.9 Å². The molecule has 1 aromatic rings. The molecule has 2 N–H and O–H groups in total. The van der Waals surface area contributed by atoms with Gasteiger partial charge in [-0.2, -0.15) is 0 Å². The molecule has 1 aromatic carbocycles. The van der Waals surface area contributed by atoms with Crippen molar-refractivity contribution in [2.75, 3.05) is 14.2 Å². The van der Waals surface area contributed by atoms with Gasteiger partial charge in [0.15, 0.2) is 5.11 Å². The highest BCUT2D eigenvalue weighted by molar-refractivity contribution is 7.80. The molecule has 0 radical (unpaired) electrons. The van der Waals surface area contributed by atoms with Gasteiger partial charge in [0.2, 0.25) is 0 Å². The second-order valence-corrected chi connectivity index (χ2v) is 5.69. The van der Waals surface area contributed by atoms with Crippen LogP contribution in [0.15, 0.2) is 35.5 Å². The molecule has 0 amide bonds. The molecule has 0 saturated heterocycles. The fourth-order valence-electron chi connectivity index (χ4n) is 2.60. The third-order valence-corrected chi connectivity index (χ3v) is 3.94. The third kappa shape index (κ3) is 3.73. The fraction of sp³-hybridized carbons (Fsp3) is 0.353. The number of ether oxygens (including phenoxy) is 2. The average molecular weight is 348 g/mol. The second-order valence-electron chi connectivity index (χ2n) is 5.28. The highest BCUT2D eigenvalue weighted by atomic mass is 32.1. The van der Waals surface area contributed by atoms with Gasteiger partial charge in [-0.05, 0) is 36.3 Å². The summed E-state index contributed by atoms with van der Waals surface area (Å²) in [5, 5.41) is 6.59. The number of hydrogen-bond acceptors (Lipinski definition) is 5. The number of hydrogen-bond donors (Lipinski definition) is 2. The molecule has 6 nitrogen and oxygen atoms in total. The Kier molecular flexibility index (Phi) is 5.92. The van der Waals surface area contributed by atoms with Crippen LogP contribution in [0, 0.1) is 0 Å². The van der Waals surface area contributed by atoms with Crippen molar-refractivity contribution in [3.05, 3.63) is 46.7 Å². The van der Waals surface area contributed by atoms with Gasteiger partial charge in [-0.1, -0.05) is 25.5 Å². The zero-order chi connectivity index (χ0) is 17.7. The minimum absolute atomic E-state index is 0.411. The zero-order valence-corrected chi connectivity index (χ0v) is 14.7. The van der Waals surface area contributed by atoms with Crippen molar-refractivity contribution in [2.45, 2.75) is 25.8 Å². The normalized spacial score (nSPS) is 17.0. The van der Waals surface area contributed by atoms with Crippen molar-refractivity contribution in [3.63, 3.8) is 0 Å². The summed E-state index contributed by atoms with van der Waals surface area (Å²) in [5.74, 6) is -0.825. The predicted molar refractivity (Wildman–Crippen MR) is 93.3 cm³/mol. The molecule has 1 heterocycles. The molecule has 1 aliphatic heterocycles. The molecular formula is C17H20N2O4S. The molecule has 2 rings (SSSR count). The van der Waals surface area contributed by atoms with Crippen molar-refractivity contribution in [1.82, 2.24) is 10.6 Å². The summed E-state index contributed by atoms with van der Waals surface area (Å²) in [5.41, 5.74) is 2.50. The number of carbonyl (C=O) groups excluding carboxylic acids is 2. The number of allylic oxidation sites excluding steroid dienone is 1. The van der Waals surface area contributed by atoms with Gasteiger partial charge in [0, 0.05) is 5.70 Å². The van der Waals surface area contributed by atoms with Crippen LogP contribution in [-0.4, -0.2) is 31.3 Å². The van der Waals surface area contributed by atoms with Crippen LogP contribution >= 0.6 is 12.2 Å².